The first-order chi connectivity index (χ1) is 38.2. The third-order valence-corrected chi connectivity index (χ3v) is 17.1. The van der Waals surface area contributed by atoms with E-state index >= 15 is 0 Å². The Hall–Kier alpha value is -6.94. The zero-order chi connectivity index (χ0) is 61.3. The number of carbonyl (C=O) groups is 9. The third-order valence-electron chi connectivity index (χ3n) is 15.9. The number of rotatable bonds is 29. The van der Waals surface area contributed by atoms with Crippen molar-refractivity contribution < 1.29 is 51.6 Å². The van der Waals surface area contributed by atoms with Crippen LogP contribution in [-0.4, -0.2) is 140 Å². The number of amides is 10. The van der Waals surface area contributed by atoms with Crippen LogP contribution in [0.15, 0.2) is 78.4 Å². The van der Waals surface area contributed by atoms with Crippen molar-refractivity contribution in [1.82, 2.24) is 46.0 Å². The van der Waals surface area contributed by atoms with E-state index in [1.54, 1.807) is 51.2 Å². The summed E-state index contributed by atoms with van der Waals surface area (Å²) in [4.78, 5) is 124. The molecule has 0 saturated heterocycles. The van der Waals surface area contributed by atoms with E-state index in [9.17, 15) is 51.6 Å². The molecule has 82 heavy (non-hydrogen) atoms. The number of nitrogens with one attached hydrogen (secondary N) is 6. The molecule has 6 atom stereocenters. The van der Waals surface area contributed by atoms with E-state index in [2.05, 4.69) is 31.3 Å². The number of likely N-dealkylation sites (N-methyl/N-ethyl adjacent to an activating group) is 2. The first-order valence-corrected chi connectivity index (χ1v) is 29.9. The van der Waals surface area contributed by atoms with Crippen molar-refractivity contribution in [2.45, 2.75) is 167 Å². The number of unbranched alkanes of at least 4 members (excludes halogenated alkanes) is 2. The summed E-state index contributed by atoms with van der Waals surface area (Å²) in [5, 5.41) is 14.5. The van der Waals surface area contributed by atoms with Crippen LogP contribution in [0.25, 0.3) is 0 Å². The average Bonchev–Trinajstić information content (AvgIpc) is 3.42. The summed E-state index contributed by atoms with van der Waals surface area (Å²) in [5.41, 5.74) is 3.82. The fourth-order valence-electron chi connectivity index (χ4n) is 10.9. The second-order valence-corrected chi connectivity index (χ2v) is 26.6. The molecule has 21 nitrogen and oxygen atoms in total. The molecule has 22 heteroatoms. The number of hydrogen-bond acceptors (Lipinski definition) is 12. The van der Waals surface area contributed by atoms with Crippen molar-refractivity contribution in [1.29, 1.82) is 0 Å². The van der Waals surface area contributed by atoms with Crippen LogP contribution in [0.3, 0.4) is 0 Å². The monoisotopic (exact) mass is 1160 g/mol. The highest BCUT2D eigenvalue weighted by atomic mass is 32.2. The third kappa shape index (κ3) is 16.8. The van der Waals surface area contributed by atoms with Crippen molar-refractivity contribution in [2.24, 2.45) is 28.9 Å². The molecule has 1 unspecified atom stereocenters. The zero-order valence-corrected chi connectivity index (χ0v) is 50.9. The molecule has 8 N–H and O–H groups in total. The summed E-state index contributed by atoms with van der Waals surface area (Å²) < 4.78 is 29.3. The second kappa shape index (κ2) is 27.0. The molecule has 0 spiro atoms. The number of hydrogen-bond donors (Lipinski definition) is 7. The molecule has 10 amide bonds. The topological polar surface area (TPSA) is 296 Å². The largest absolute Gasteiger partial charge is 0.352 e. The molecule has 3 aliphatic rings. The van der Waals surface area contributed by atoms with Crippen molar-refractivity contribution in [3.63, 3.8) is 0 Å². The first-order valence-electron chi connectivity index (χ1n) is 28.3. The highest BCUT2D eigenvalue weighted by molar-refractivity contribution is 7.89. The Morgan fingerprint density at radius 3 is 1.95 bits per heavy atom. The first kappa shape index (κ1) is 65.9. The molecule has 0 bridgehead atoms. The second-order valence-electron chi connectivity index (χ2n) is 24.9. The maximum absolute atomic E-state index is 14.5. The van der Waals surface area contributed by atoms with E-state index in [0.717, 1.165) is 10.5 Å². The summed E-state index contributed by atoms with van der Waals surface area (Å²) in [6.07, 6.45) is 7.31. The van der Waals surface area contributed by atoms with Crippen LogP contribution >= 0.6 is 0 Å². The summed E-state index contributed by atoms with van der Waals surface area (Å²) in [6.45, 7) is 18.7. The van der Waals surface area contributed by atoms with Crippen LogP contribution in [-0.2, 0) is 65.1 Å². The van der Waals surface area contributed by atoms with Crippen LogP contribution in [0.1, 0.15) is 137 Å². The van der Waals surface area contributed by atoms with E-state index in [1.165, 1.54) is 24.0 Å². The van der Waals surface area contributed by atoms with Gasteiger partial charge in [-0.2, -0.15) is 0 Å². The fourth-order valence-corrected chi connectivity index (χ4v) is 12.0. The lowest BCUT2D eigenvalue weighted by Crippen LogP contribution is -2.61. The minimum atomic E-state index is -4.26. The maximum atomic E-state index is 14.5. The Labute approximate surface area is 484 Å². The number of urea groups is 1. The molecule has 1 heterocycles. The van der Waals surface area contributed by atoms with Crippen LogP contribution in [0.5, 0.6) is 0 Å². The molecular formula is C60H88N10O11S. The molecular weight excluding hydrogens is 1070 g/mol. The van der Waals surface area contributed by atoms with Crippen molar-refractivity contribution in [2.75, 3.05) is 34.2 Å². The molecule has 2 aliphatic carbocycles. The van der Waals surface area contributed by atoms with Crippen LogP contribution in [0, 0.1) is 23.2 Å². The van der Waals surface area contributed by atoms with Gasteiger partial charge in [0.25, 0.3) is 17.7 Å². The van der Waals surface area contributed by atoms with Gasteiger partial charge in [-0.05, 0) is 99.4 Å². The predicted molar refractivity (Wildman–Crippen MR) is 312 cm³/mol. The van der Waals surface area contributed by atoms with Gasteiger partial charge in [-0.25, -0.2) is 17.9 Å². The SMILES string of the molecule is C/C(=C\[C@H](C(C)C)N(C)C(=O)[C@@H](NC(=O)[C@@H](N(C)C)C(C)(C)c1ccccc1)C(C)(C)C)C(=O)NS(=O)(=O)Cc1ccc(C2(NC(=O)[C@@]3(NC(=O)[C@@H](NC(=O)CCCCCN4C(=O)C=CC4=O)C(C)C)CC3CCNC(N)=O)CC2)cc1. The van der Waals surface area contributed by atoms with E-state index in [1.807, 2.05) is 97.8 Å². The molecule has 450 valence electrons. The summed E-state index contributed by atoms with van der Waals surface area (Å²) in [5.74, 6) is -5.21. The van der Waals surface area contributed by atoms with Crippen molar-refractivity contribution in [3.05, 3.63) is 95.1 Å². The smallest absolute Gasteiger partial charge is 0.312 e. The lowest BCUT2D eigenvalue weighted by Gasteiger charge is -2.41. The molecule has 0 aromatic heterocycles. The number of nitrogens with zero attached hydrogens (tertiary/aromatic N) is 3. The van der Waals surface area contributed by atoms with E-state index < -0.39 is 85.6 Å². The fraction of sp³-hybridized carbons (Fsp3) is 0.583. The zero-order valence-electron chi connectivity index (χ0n) is 50.1. The van der Waals surface area contributed by atoms with Crippen molar-refractivity contribution in [3.8, 4) is 0 Å². The quantitative estimate of drug-likeness (QED) is 0.0343. The summed E-state index contributed by atoms with van der Waals surface area (Å²) in [6, 6.07) is 12.3. The highest BCUT2D eigenvalue weighted by Crippen LogP contribution is 2.50. The predicted octanol–water partition coefficient (Wildman–Crippen LogP) is 4.17. The van der Waals surface area contributed by atoms with Gasteiger partial charge >= 0.3 is 6.03 Å². The van der Waals surface area contributed by atoms with Gasteiger partial charge in [-0.15, -0.1) is 0 Å². The molecule has 2 fully saturated rings. The molecule has 1 aliphatic heterocycles. The van der Waals surface area contributed by atoms with E-state index in [4.69, 9.17) is 5.73 Å². The Kier molecular flexibility index (Phi) is 21.7. The minimum Gasteiger partial charge on any atom is -0.352 e. The number of imide groups is 1. The maximum Gasteiger partial charge on any atom is 0.312 e. The van der Waals surface area contributed by atoms with Gasteiger partial charge in [0.1, 0.15) is 17.6 Å². The average molecular weight is 1160 g/mol. The number of nitrogens with two attached hydrogens (primary N) is 1. The Balaban J connectivity index is 1.21. The Bertz CT molecular complexity index is 2860. The number of sulfonamides is 1. The van der Waals surface area contributed by atoms with Crippen LogP contribution in [0.2, 0.25) is 0 Å². The number of carbonyl (C=O) groups excluding carboxylic acids is 9. The number of primary amides is 1. The normalized spacial score (nSPS) is 19.2. The molecule has 5 rings (SSSR count). The van der Waals surface area contributed by atoms with Gasteiger partial charge < -0.3 is 37.2 Å². The van der Waals surface area contributed by atoms with Crippen molar-refractivity contribution >= 4 is 63.3 Å². The molecule has 2 aromatic carbocycles. The summed E-state index contributed by atoms with van der Waals surface area (Å²) >= 11 is 0. The lowest BCUT2D eigenvalue weighted by molar-refractivity contribution is -0.141. The highest BCUT2D eigenvalue weighted by Gasteiger charge is 2.63. The molecule has 0 radical (unpaired) electrons. The minimum absolute atomic E-state index is 0.0625. The summed E-state index contributed by atoms with van der Waals surface area (Å²) in [7, 11) is 0.992. The van der Waals surface area contributed by atoms with Crippen LogP contribution in [0.4, 0.5) is 4.79 Å². The van der Waals surface area contributed by atoms with Gasteiger partial charge in [0.2, 0.25) is 39.6 Å². The standard InChI is InChI=1S/C60H88N10O11S/c1-37(2)44(69(13)54(77)49(57(6,7)8)64-53(76)50(68(11)12)58(9,10)41-20-16-14-17-21-41)34-39(5)51(74)67-82(80,81)36-40-23-25-42(26-24-40)59(30-31-59)66-55(78)60(35-43(60)29-32-62-56(61)79)65-52(75)48(38(3)4)63-45(71)22-18-15-19-33-70-46(72)27-28-47(70)73/h14,16-17,20-21,23-28,34,37-38,43-44,48-50H,15,18-19,22,29-33,35-36H2,1-13H3,(H,63,71)(H,64,76)(H,65,75)(H,66,78)(H,67,74)(H3,61,62,79)/b39-34+/t43?,44-,48+,49-,50-,60-/m1/s1. The molecule has 2 saturated carbocycles. The molecule has 2 aromatic rings. The van der Waals surface area contributed by atoms with Crippen LogP contribution < -0.4 is 37.0 Å². The van der Waals surface area contributed by atoms with Gasteiger partial charge in [-0.1, -0.05) is 129 Å². The lowest BCUT2D eigenvalue weighted by atomic mass is 9.76. The van der Waals surface area contributed by atoms with Gasteiger partial charge in [0, 0.05) is 49.7 Å². The van der Waals surface area contributed by atoms with E-state index in [-0.39, 0.29) is 78.8 Å². The Morgan fingerprint density at radius 1 is 0.805 bits per heavy atom. The van der Waals surface area contributed by atoms with Gasteiger partial charge in [0.15, 0.2) is 0 Å². The van der Waals surface area contributed by atoms with Gasteiger partial charge in [0.05, 0.1) is 23.4 Å². The van der Waals surface area contributed by atoms with Gasteiger partial charge in [-0.3, -0.25) is 48.2 Å². The van der Waals surface area contributed by atoms with E-state index in [0.29, 0.717) is 49.7 Å². The Morgan fingerprint density at radius 2 is 1.41 bits per heavy atom. The number of benzene rings is 2.